The first kappa shape index (κ1) is 24.2. The smallest absolute Gasteiger partial charge is 0.416 e. The van der Waals surface area contributed by atoms with E-state index in [1.54, 1.807) is 0 Å². The first-order chi connectivity index (χ1) is 13.8. The number of halogens is 3. The van der Waals surface area contributed by atoms with E-state index in [1.165, 1.54) is 0 Å². The van der Waals surface area contributed by atoms with Crippen molar-refractivity contribution in [3.8, 4) is 12.3 Å². The summed E-state index contributed by atoms with van der Waals surface area (Å²) < 4.78 is 39.1. The summed E-state index contributed by atoms with van der Waals surface area (Å²) in [5.74, 6) is -2.01. The number of carbonyl (C=O) groups excluding carboxylic acids is 2. The maximum atomic E-state index is 13.0. The van der Waals surface area contributed by atoms with Crippen LogP contribution in [0.15, 0.2) is 23.2 Å². The molecule has 162 valence electrons. The van der Waals surface area contributed by atoms with Crippen LogP contribution in [0.4, 0.5) is 18.9 Å². The van der Waals surface area contributed by atoms with E-state index in [2.05, 4.69) is 15.6 Å². The van der Waals surface area contributed by atoms with Crippen LogP contribution in [0.1, 0.15) is 22.3 Å². The maximum Gasteiger partial charge on any atom is 0.416 e. The molecule has 0 spiro atoms. The van der Waals surface area contributed by atoms with Gasteiger partial charge in [0.25, 0.3) is 5.91 Å². The van der Waals surface area contributed by atoms with E-state index >= 15 is 0 Å². The van der Waals surface area contributed by atoms with Crippen LogP contribution < -0.4 is 22.1 Å². The summed E-state index contributed by atoms with van der Waals surface area (Å²) in [7, 11) is 0. The zero-order valence-electron chi connectivity index (χ0n) is 15.2. The van der Waals surface area contributed by atoms with Crippen molar-refractivity contribution in [2.24, 2.45) is 16.5 Å². The molecule has 30 heavy (non-hydrogen) atoms. The van der Waals surface area contributed by atoms with Crippen molar-refractivity contribution >= 4 is 29.4 Å². The molecule has 13 heteroatoms. The molecule has 0 saturated heterocycles. The molecule has 2 amide bonds. The number of carboxylic acids is 1. The lowest BCUT2D eigenvalue weighted by Gasteiger charge is -2.19. The van der Waals surface area contributed by atoms with Crippen molar-refractivity contribution in [1.29, 1.82) is 0 Å². The van der Waals surface area contributed by atoms with Gasteiger partial charge in [0.05, 0.1) is 30.3 Å². The number of benzene rings is 1. The van der Waals surface area contributed by atoms with Crippen molar-refractivity contribution in [2.75, 3.05) is 6.54 Å². The van der Waals surface area contributed by atoms with Crippen molar-refractivity contribution in [1.82, 2.24) is 10.6 Å². The van der Waals surface area contributed by atoms with Crippen LogP contribution in [0.2, 0.25) is 0 Å². The Bertz CT molecular complexity index is 891. The monoisotopic (exact) mass is 429 g/mol. The molecule has 2 unspecified atom stereocenters. The van der Waals surface area contributed by atoms with Gasteiger partial charge in [0.1, 0.15) is 6.10 Å². The first-order valence-corrected chi connectivity index (χ1v) is 8.09. The Labute approximate surface area is 168 Å². The number of rotatable bonds is 8. The number of alkyl halides is 3. The van der Waals surface area contributed by atoms with E-state index in [0.29, 0.717) is 12.1 Å². The number of carboxylic acid groups (broad SMARTS) is 1. The summed E-state index contributed by atoms with van der Waals surface area (Å²) in [6.07, 6.45) is -2.11. The number of nitrogens with one attached hydrogen (secondary N) is 2. The zero-order chi connectivity index (χ0) is 23.1. The lowest BCUT2D eigenvalue weighted by atomic mass is 10.1. The third-order valence-corrected chi connectivity index (χ3v) is 3.47. The molecule has 0 fully saturated rings. The van der Waals surface area contributed by atoms with Crippen LogP contribution in [0.5, 0.6) is 0 Å². The molecule has 0 radical (unpaired) electrons. The molecule has 0 bridgehead atoms. The molecular weight excluding hydrogens is 411 g/mol. The van der Waals surface area contributed by atoms with Crippen molar-refractivity contribution in [2.45, 2.75) is 24.7 Å². The van der Waals surface area contributed by atoms with Crippen LogP contribution in [0, 0.1) is 12.3 Å². The number of hydrogen-bond donors (Lipinski definition) is 6. The van der Waals surface area contributed by atoms with Gasteiger partial charge >= 0.3 is 12.1 Å². The van der Waals surface area contributed by atoms with Crippen molar-refractivity contribution in [3.63, 3.8) is 0 Å². The van der Waals surface area contributed by atoms with Gasteiger partial charge in [-0.2, -0.15) is 13.2 Å². The second-order valence-corrected chi connectivity index (χ2v) is 5.87. The van der Waals surface area contributed by atoms with E-state index in [-0.39, 0.29) is 5.69 Å². The zero-order valence-corrected chi connectivity index (χ0v) is 15.2. The SMILES string of the molecule is C#CC(O)C(CC(=O)O)NC(=O)CNC(=O)c1cc(N=C(N)N)cc(C(F)(F)F)c1. The second kappa shape index (κ2) is 10.1. The Balaban J connectivity index is 2.94. The topological polar surface area (TPSA) is 180 Å². The van der Waals surface area contributed by atoms with Crippen molar-refractivity contribution < 1.29 is 37.8 Å². The van der Waals surface area contributed by atoms with Gasteiger partial charge in [-0.3, -0.25) is 14.4 Å². The Kier molecular flexibility index (Phi) is 8.18. The summed E-state index contributed by atoms with van der Waals surface area (Å²) in [5, 5.41) is 22.5. The fourth-order valence-corrected chi connectivity index (χ4v) is 2.19. The Morgan fingerprint density at radius 3 is 2.37 bits per heavy atom. The molecule has 0 aliphatic rings. The Hall–Kier alpha value is -3.79. The minimum atomic E-state index is -4.79. The maximum absolute atomic E-state index is 13.0. The largest absolute Gasteiger partial charge is 0.481 e. The third kappa shape index (κ3) is 7.68. The third-order valence-electron chi connectivity index (χ3n) is 3.47. The molecule has 0 aromatic heterocycles. The number of nitrogens with two attached hydrogens (primary N) is 2. The van der Waals surface area contributed by atoms with Gasteiger partial charge in [0.15, 0.2) is 5.96 Å². The summed E-state index contributed by atoms with van der Waals surface area (Å²) in [6.45, 7) is -0.736. The highest BCUT2D eigenvalue weighted by Crippen LogP contribution is 2.32. The lowest BCUT2D eigenvalue weighted by Crippen LogP contribution is -2.47. The number of aliphatic carboxylic acids is 1. The van der Waals surface area contributed by atoms with Gasteiger partial charge in [-0.25, -0.2) is 4.99 Å². The molecule has 0 heterocycles. The number of aliphatic hydroxyl groups excluding tert-OH is 1. The van der Waals surface area contributed by atoms with Gasteiger partial charge in [-0.1, -0.05) is 5.92 Å². The Morgan fingerprint density at radius 2 is 1.87 bits per heavy atom. The fourth-order valence-electron chi connectivity index (χ4n) is 2.19. The highest BCUT2D eigenvalue weighted by atomic mass is 19.4. The average molecular weight is 429 g/mol. The number of carbonyl (C=O) groups is 3. The molecule has 0 aliphatic heterocycles. The lowest BCUT2D eigenvalue weighted by molar-refractivity contribution is -0.139. The van der Waals surface area contributed by atoms with Gasteiger partial charge in [-0.05, 0) is 18.2 Å². The van der Waals surface area contributed by atoms with Crippen LogP contribution in [-0.4, -0.2) is 52.6 Å². The average Bonchev–Trinajstić information content (AvgIpc) is 2.63. The summed E-state index contributed by atoms with van der Waals surface area (Å²) in [4.78, 5) is 38.3. The van der Waals surface area contributed by atoms with Gasteiger partial charge in [0, 0.05) is 5.56 Å². The van der Waals surface area contributed by atoms with Crippen LogP contribution >= 0.6 is 0 Å². The van der Waals surface area contributed by atoms with Crippen molar-refractivity contribution in [3.05, 3.63) is 29.3 Å². The molecular formula is C17H18F3N5O5. The summed E-state index contributed by atoms with van der Waals surface area (Å²) in [5.41, 5.74) is 8.27. The Morgan fingerprint density at radius 1 is 1.23 bits per heavy atom. The number of hydrogen-bond acceptors (Lipinski definition) is 5. The highest BCUT2D eigenvalue weighted by molar-refractivity contribution is 5.97. The number of terminal acetylenes is 1. The summed E-state index contributed by atoms with van der Waals surface area (Å²) in [6, 6.07) is 0.797. The number of amides is 2. The van der Waals surface area contributed by atoms with Crippen LogP contribution in [-0.2, 0) is 15.8 Å². The minimum absolute atomic E-state index is 0.335. The molecule has 1 aromatic carbocycles. The normalized spacial score (nSPS) is 12.8. The number of guanidine groups is 1. The molecule has 2 atom stereocenters. The quantitative estimate of drug-likeness (QED) is 0.179. The highest BCUT2D eigenvalue weighted by Gasteiger charge is 2.32. The van der Waals surface area contributed by atoms with Gasteiger partial charge < -0.3 is 32.3 Å². The number of aliphatic hydroxyl groups is 1. The molecule has 1 rings (SSSR count). The van der Waals surface area contributed by atoms with Gasteiger partial charge in [0.2, 0.25) is 5.91 Å². The fraction of sp³-hybridized carbons (Fsp3) is 0.294. The molecule has 1 aromatic rings. The van der Waals surface area contributed by atoms with Gasteiger partial charge in [-0.15, -0.1) is 6.42 Å². The number of aliphatic imine (C=N–C) groups is 1. The van der Waals surface area contributed by atoms with E-state index in [4.69, 9.17) is 23.0 Å². The van der Waals surface area contributed by atoms with Crippen LogP contribution in [0.3, 0.4) is 0 Å². The standard InChI is InChI=1S/C17H18F3N5O5/c1-2-12(26)11(6-14(28)29)25-13(27)7-23-15(30)8-3-9(17(18,19)20)5-10(4-8)24-16(21)22/h1,3-5,11-12,26H,6-7H2,(H,23,30)(H,25,27)(H,28,29)(H4,21,22,24). The molecule has 8 N–H and O–H groups in total. The molecule has 0 aliphatic carbocycles. The molecule has 10 nitrogen and oxygen atoms in total. The van der Waals surface area contributed by atoms with Crippen LogP contribution in [0.25, 0.3) is 0 Å². The number of nitrogens with zero attached hydrogens (tertiary/aromatic N) is 1. The predicted molar refractivity (Wildman–Crippen MR) is 98.3 cm³/mol. The summed E-state index contributed by atoms with van der Waals surface area (Å²) >= 11 is 0. The van der Waals surface area contributed by atoms with E-state index in [1.807, 2.05) is 5.92 Å². The minimum Gasteiger partial charge on any atom is -0.481 e. The molecule has 0 saturated carbocycles. The second-order valence-electron chi connectivity index (χ2n) is 5.87. The van der Waals surface area contributed by atoms with E-state index in [9.17, 15) is 32.7 Å². The first-order valence-electron chi connectivity index (χ1n) is 8.09. The van der Waals surface area contributed by atoms with E-state index < -0.39 is 66.2 Å². The predicted octanol–water partition coefficient (Wildman–Crippen LogP) is -0.706. The van der Waals surface area contributed by atoms with E-state index in [0.717, 1.165) is 6.07 Å².